The quantitative estimate of drug-likeness (QED) is 0.0688. The molecule has 0 amide bonds. The molecule has 0 spiro atoms. The molecule has 0 saturated heterocycles. The summed E-state index contributed by atoms with van der Waals surface area (Å²) in [6.45, 7) is 9.48. The zero-order valence-electron chi connectivity index (χ0n) is 31.9. The summed E-state index contributed by atoms with van der Waals surface area (Å²) < 4.78 is 25.1. The molecular formula is C42H69O6PS. The minimum Gasteiger partial charge on any atom is -0.545 e. The molecule has 8 heteroatoms. The Hall–Kier alpha value is -2.24. The lowest BCUT2D eigenvalue weighted by Gasteiger charge is -2.28. The van der Waals surface area contributed by atoms with Crippen LogP contribution in [0.25, 0.3) is 0 Å². The van der Waals surface area contributed by atoms with Gasteiger partial charge in [0.15, 0.2) is 0 Å². The molecule has 6 nitrogen and oxygen atoms in total. The minimum atomic E-state index is -4.29. The second-order valence-electron chi connectivity index (χ2n) is 14.0. The van der Waals surface area contributed by atoms with Gasteiger partial charge < -0.3 is 15.0 Å². The Kier molecular flexibility index (Phi) is 25.1. The third kappa shape index (κ3) is 17.8. The van der Waals surface area contributed by atoms with Crippen molar-refractivity contribution in [1.82, 2.24) is 0 Å². The second-order valence-corrected chi connectivity index (χ2v) is 20.3. The molecule has 1 N–H and O–H groups in total. The summed E-state index contributed by atoms with van der Waals surface area (Å²) in [4.78, 5) is 21.2. The van der Waals surface area contributed by atoms with Crippen LogP contribution in [0.4, 0.5) is 0 Å². The number of carbonyl (C=O) groups is 2. The maximum Gasteiger partial charge on any atom is 0.337 e. The van der Waals surface area contributed by atoms with Crippen molar-refractivity contribution in [3.05, 3.63) is 59.7 Å². The van der Waals surface area contributed by atoms with Crippen LogP contribution in [0.1, 0.15) is 177 Å². The predicted octanol–water partition coefficient (Wildman–Crippen LogP) is 11.5. The molecule has 0 aliphatic rings. The van der Waals surface area contributed by atoms with Crippen LogP contribution >= 0.6 is 7.26 Å². The molecule has 0 heterocycles. The average Bonchev–Trinajstić information content (AvgIpc) is 3.12. The highest BCUT2D eigenvalue weighted by Crippen LogP contribution is 2.61. The lowest BCUT2D eigenvalue weighted by atomic mass is 10.0. The number of carboxylic acid groups (broad SMARTS) is 2. The summed E-state index contributed by atoms with van der Waals surface area (Å²) >= 11 is 0. The van der Waals surface area contributed by atoms with E-state index in [2.05, 4.69) is 27.7 Å². The predicted molar refractivity (Wildman–Crippen MR) is 211 cm³/mol. The van der Waals surface area contributed by atoms with Crippen molar-refractivity contribution in [3.8, 4) is 0 Å². The zero-order chi connectivity index (χ0) is 37.1. The van der Waals surface area contributed by atoms with E-state index in [0.717, 1.165) is 24.3 Å². The van der Waals surface area contributed by atoms with Crippen molar-refractivity contribution < 1.29 is 28.2 Å². The standard InChI is InChI=1S/C28H60P.C14H10O6S/c1-5-9-13-14-15-16-17-18-19-20-21-22-23-24-28-29(25-10-6-2,26-11-7-3)27-12-8-4;15-13(16)9-5-1-3-7-11(9)21(19,20)12-8-4-2-6-10(12)14(17)18/h5-28H2,1-4H3;1-8H,(H,15,16)(H,17,18)/q+1;/p-1. The van der Waals surface area contributed by atoms with Crippen LogP contribution in [0.15, 0.2) is 58.3 Å². The molecule has 2 aromatic carbocycles. The Balaban J connectivity index is 0.000000523. The number of carboxylic acids is 2. The Morgan fingerprint density at radius 1 is 0.520 bits per heavy atom. The highest BCUT2D eigenvalue weighted by atomic mass is 32.2. The number of benzene rings is 2. The Morgan fingerprint density at radius 2 is 0.840 bits per heavy atom. The number of carbonyl (C=O) groups excluding carboxylic acids is 1. The van der Waals surface area contributed by atoms with E-state index >= 15 is 0 Å². The van der Waals surface area contributed by atoms with Crippen LogP contribution in [-0.4, -0.2) is 50.1 Å². The smallest absolute Gasteiger partial charge is 0.337 e. The summed E-state index contributed by atoms with van der Waals surface area (Å²) in [5.74, 6) is -3.07. The van der Waals surface area contributed by atoms with Crippen LogP contribution in [0.2, 0.25) is 0 Å². The largest absolute Gasteiger partial charge is 0.545 e. The number of aromatic carboxylic acids is 2. The van der Waals surface area contributed by atoms with Gasteiger partial charge in [-0.05, 0) is 50.3 Å². The van der Waals surface area contributed by atoms with E-state index in [1.807, 2.05) is 0 Å². The van der Waals surface area contributed by atoms with Crippen LogP contribution in [0, 0.1) is 0 Å². The molecule has 0 aliphatic carbocycles. The van der Waals surface area contributed by atoms with Gasteiger partial charge in [-0.25, -0.2) is 13.2 Å². The number of rotatable bonds is 28. The van der Waals surface area contributed by atoms with E-state index in [1.165, 1.54) is 146 Å². The highest BCUT2D eigenvalue weighted by Gasteiger charge is 2.34. The molecule has 2 rings (SSSR count). The minimum absolute atomic E-state index is 0.425. The Morgan fingerprint density at radius 3 is 1.22 bits per heavy atom. The number of unbranched alkanes of at least 4 members (excludes halogenated alkanes) is 16. The van der Waals surface area contributed by atoms with Crippen molar-refractivity contribution in [2.75, 3.05) is 24.6 Å². The molecular weight excluding hydrogens is 663 g/mol. The summed E-state index contributed by atoms with van der Waals surface area (Å²) in [6.07, 6.45) is 36.0. The second kappa shape index (κ2) is 27.4. The van der Waals surface area contributed by atoms with Gasteiger partial charge in [-0.3, -0.25) is 0 Å². The molecule has 0 unspecified atom stereocenters. The van der Waals surface area contributed by atoms with Crippen molar-refractivity contribution >= 4 is 29.0 Å². The first kappa shape index (κ1) is 45.8. The molecule has 0 aromatic heterocycles. The number of hydrogen-bond acceptors (Lipinski definition) is 5. The van der Waals surface area contributed by atoms with Gasteiger partial charge in [-0.1, -0.05) is 154 Å². The lowest BCUT2D eigenvalue weighted by molar-refractivity contribution is -0.255. The summed E-state index contributed by atoms with van der Waals surface area (Å²) in [5, 5.41) is 20.1. The topological polar surface area (TPSA) is 112 Å². The van der Waals surface area contributed by atoms with E-state index in [1.54, 1.807) is 31.1 Å². The first-order valence-electron chi connectivity index (χ1n) is 19.8. The van der Waals surface area contributed by atoms with Crippen molar-refractivity contribution in [2.45, 2.75) is 166 Å². The van der Waals surface area contributed by atoms with Crippen molar-refractivity contribution in [1.29, 1.82) is 0 Å². The average molecular weight is 733 g/mol. The first-order valence-corrected chi connectivity index (χ1v) is 23.8. The van der Waals surface area contributed by atoms with Gasteiger partial charge in [0.05, 0.1) is 46.0 Å². The van der Waals surface area contributed by atoms with E-state index in [-0.39, 0.29) is 0 Å². The van der Waals surface area contributed by atoms with E-state index in [4.69, 9.17) is 5.11 Å². The molecule has 0 aliphatic heterocycles. The van der Waals surface area contributed by atoms with Crippen LogP contribution in [0.3, 0.4) is 0 Å². The zero-order valence-corrected chi connectivity index (χ0v) is 33.6. The summed E-state index contributed by atoms with van der Waals surface area (Å²) in [7, 11) is -4.92. The lowest BCUT2D eigenvalue weighted by Crippen LogP contribution is -2.25. The first-order chi connectivity index (χ1) is 24.1. The maximum absolute atomic E-state index is 12.5. The Labute approximate surface area is 306 Å². The highest BCUT2D eigenvalue weighted by molar-refractivity contribution is 7.91. The fourth-order valence-corrected chi connectivity index (χ4v) is 13.5. The van der Waals surface area contributed by atoms with Gasteiger partial charge in [0.1, 0.15) is 0 Å². The molecule has 50 heavy (non-hydrogen) atoms. The van der Waals surface area contributed by atoms with E-state index in [0.29, 0.717) is 0 Å². The molecule has 0 atom stereocenters. The third-order valence-corrected chi connectivity index (χ3v) is 16.7. The van der Waals surface area contributed by atoms with Gasteiger partial charge in [0, 0.05) is 12.8 Å². The van der Waals surface area contributed by atoms with Crippen molar-refractivity contribution in [2.24, 2.45) is 0 Å². The van der Waals surface area contributed by atoms with Gasteiger partial charge in [0.2, 0.25) is 9.84 Å². The number of sulfone groups is 1. The van der Waals surface area contributed by atoms with Gasteiger partial charge in [-0.2, -0.15) is 0 Å². The van der Waals surface area contributed by atoms with E-state index in [9.17, 15) is 23.1 Å². The molecule has 284 valence electrons. The summed E-state index contributed by atoms with van der Waals surface area (Å²) in [5.41, 5.74) is -0.941. The van der Waals surface area contributed by atoms with Crippen molar-refractivity contribution in [3.63, 3.8) is 0 Å². The molecule has 0 fully saturated rings. The summed E-state index contributed by atoms with van der Waals surface area (Å²) in [6, 6.07) is 9.89. The van der Waals surface area contributed by atoms with Gasteiger partial charge in [-0.15, -0.1) is 0 Å². The monoisotopic (exact) mass is 732 g/mol. The molecule has 0 bridgehead atoms. The molecule has 0 saturated carbocycles. The van der Waals surface area contributed by atoms with E-state index < -0.39 is 50.0 Å². The number of hydrogen-bond donors (Lipinski definition) is 1. The fourth-order valence-electron chi connectivity index (χ4n) is 6.66. The SMILES string of the molecule is CCCCCCCCCCCCCCCC[P+](CCCC)(CCCC)CCCC.O=C([O-])c1ccccc1S(=O)(=O)c1ccccc1C(=O)O. The van der Waals surface area contributed by atoms with Crippen LogP contribution in [0.5, 0.6) is 0 Å². The molecule has 0 radical (unpaired) electrons. The van der Waals surface area contributed by atoms with Crippen LogP contribution in [-0.2, 0) is 9.84 Å². The van der Waals surface area contributed by atoms with Crippen LogP contribution < -0.4 is 5.11 Å². The molecule has 2 aromatic rings. The van der Waals surface area contributed by atoms with Gasteiger partial charge in [0.25, 0.3) is 0 Å². The van der Waals surface area contributed by atoms with Gasteiger partial charge >= 0.3 is 5.97 Å². The fraction of sp³-hybridized carbons (Fsp3) is 0.667. The maximum atomic E-state index is 12.5. The Bertz CT molecular complexity index is 1220. The third-order valence-electron chi connectivity index (χ3n) is 9.75. The normalized spacial score (nSPS) is 11.6.